The molecule has 1 amide bonds. The molecule has 0 unspecified atom stereocenters. The molecule has 1 aliphatic heterocycles. The van der Waals surface area contributed by atoms with Gasteiger partial charge < -0.3 is 14.2 Å². The van der Waals surface area contributed by atoms with E-state index >= 15 is 0 Å². The molecule has 0 atom stereocenters. The van der Waals surface area contributed by atoms with Crippen LogP contribution < -0.4 is 14.2 Å². The van der Waals surface area contributed by atoms with Crippen molar-refractivity contribution in [2.45, 2.75) is 13.3 Å². The first-order valence-corrected chi connectivity index (χ1v) is 10.6. The first kappa shape index (κ1) is 21.2. The lowest BCUT2D eigenvalue weighted by Crippen LogP contribution is -2.27. The topological polar surface area (TPSA) is 48.0 Å². The molecule has 2 aromatic rings. The number of hydrogen-bond acceptors (Lipinski definition) is 6. The maximum absolute atomic E-state index is 12.3. The number of rotatable bonds is 9. The predicted octanol–water partition coefficient (Wildman–Crippen LogP) is 4.76. The van der Waals surface area contributed by atoms with Crippen LogP contribution in [0.4, 0.5) is 0 Å². The average Bonchev–Trinajstić information content (AvgIpc) is 3.00. The Morgan fingerprint density at radius 3 is 2.38 bits per heavy atom. The van der Waals surface area contributed by atoms with Crippen molar-refractivity contribution in [1.82, 2.24) is 4.90 Å². The maximum Gasteiger partial charge on any atom is 0.266 e. The van der Waals surface area contributed by atoms with E-state index in [0.29, 0.717) is 29.0 Å². The standard InChI is InChI=1S/C22H23NO4S2/c1-3-23-21(24)20(29-22(23)28)15-16-6-4-7-19(14-16)27-13-5-12-26-18-10-8-17(25-2)9-11-18/h4,6-11,14-15H,3,5,12-13H2,1-2H3/b20-15-. The van der Waals surface area contributed by atoms with E-state index < -0.39 is 0 Å². The van der Waals surface area contributed by atoms with Gasteiger partial charge in [-0.25, -0.2) is 0 Å². The summed E-state index contributed by atoms with van der Waals surface area (Å²) in [6.45, 7) is 3.60. The number of hydrogen-bond donors (Lipinski definition) is 0. The van der Waals surface area contributed by atoms with E-state index in [1.54, 1.807) is 12.0 Å². The molecule has 0 radical (unpaired) electrons. The van der Waals surface area contributed by atoms with E-state index in [9.17, 15) is 4.79 Å². The fraction of sp³-hybridized carbons (Fsp3) is 0.273. The van der Waals surface area contributed by atoms with Gasteiger partial charge in [0, 0.05) is 13.0 Å². The number of thiocarbonyl (C=S) groups is 1. The van der Waals surface area contributed by atoms with Crippen LogP contribution in [0, 0.1) is 0 Å². The molecule has 29 heavy (non-hydrogen) atoms. The Bertz CT molecular complexity index is 896. The van der Waals surface area contributed by atoms with Gasteiger partial charge in [-0.1, -0.05) is 36.1 Å². The minimum atomic E-state index is -0.0375. The summed E-state index contributed by atoms with van der Waals surface area (Å²) in [5.74, 6) is 2.33. The molecule has 0 bridgehead atoms. The van der Waals surface area contributed by atoms with Gasteiger partial charge in [0.2, 0.25) is 0 Å². The van der Waals surface area contributed by atoms with Crippen LogP contribution >= 0.6 is 24.0 Å². The van der Waals surface area contributed by atoms with Gasteiger partial charge >= 0.3 is 0 Å². The molecule has 0 aromatic heterocycles. The molecule has 0 aliphatic carbocycles. The molecule has 2 aromatic carbocycles. The van der Waals surface area contributed by atoms with Crippen LogP contribution in [0.25, 0.3) is 6.08 Å². The van der Waals surface area contributed by atoms with Crippen molar-refractivity contribution in [3.05, 3.63) is 59.0 Å². The lowest BCUT2D eigenvalue weighted by molar-refractivity contribution is -0.121. The van der Waals surface area contributed by atoms with E-state index in [0.717, 1.165) is 29.2 Å². The summed E-state index contributed by atoms with van der Waals surface area (Å²) in [5.41, 5.74) is 0.911. The fourth-order valence-corrected chi connectivity index (χ4v) is 4.11. The van der Waals surface area contributed by atoms with Crippen LogP contribution in [-0.2, 0) is 4.79 Å². The monoisotopic (exact) mass is 429 g/mol. The zero-order valence-corrected chi connectivity index (χ0v) is 18.1. The average molecular weight is 430 g/mol. The zero-order valence-electron chi connectivity index (χ0n) is 16.4. The number of likely N-dealkylation sites (N-methyl/N-ethyl adjacent to an activating group) is 1. The van der Waals surface area contributed by atoms with Crippen molar-refractivity contribution in [2.24, 2.45) is 0 Å². The molecule has 5 nitrogen and oxygen atoms in total. The van der Waals surface area contributed by atoms with Gasteiger partial charge in [0.1, 0.15) is 21.6 Å². The van der Waals surface area contributed by atoms with Crippen molar-refractivity contribution in [1.29, 1.82) is 0 Å². The zero-order chi connectivity index (χ0) is 20.6. The van der Waals surface area contributed by atoms with Gasteiger partial charge in [0.25, 0.3) is 5.91 Å². The second-order valence-electron chi connectivity index (χ2n) is 6.22. The van der Waals surface area contributed by atoms with Crippen molar-refractivity contribution in [3.63, 3.8) is 0 Å². The van der Waals surface area contributed by atoms with Gasteiger partial charge in [-0.05, 0) is 55.0 Å². The molecule has 0 saturated carbocycles. The largest absolute Gasteiger partial charge is 0.497 e. The normalized spacial score (nSPS) is 15.1. The van der Waals surface area contributed by atoms with Crippen molar-refractivity contribution in [3.8, 4) is 17.2 Å². The highest BCUT2D eigenvalue weighted by molar-refractivity contribution is 8.26. The van der Waals surface area contributed by atoms with Crippen molar-refractivity contribution < 1.29 is 19.0 Å². The Labute approximate surface area is 180 Å². The number of carbonyl (C=O) groups is 1. The number of nitrogens with zero attached hydrogens (tertiary/aromatic N) is 1. The Morgan fingerprint density at radius 2 is 1.72 bits per heavy atom. The van der Waals surface area contributed by atoms with Crippen LogP contribution in [0.5, 0.6) is 17.2 Å². The lowest BCUT2D eigenvalue weighted by atomic mass is 10.2. The Hall–Kier alpha value is -2.51. The molecule has 1 saturated heterocycles. The molecular weight excluding hydrogens is 406 g/mol. The van der Waals surface area contributed by atoms with Crippen molar-refractivity contribution in [2.75, 3.05) is 26.9 Å². The minimum absolute atomic E-state index is 0.0375. The van der Waals surface area contributed by atoms with E-state index in [1.807, 2.05) is 61.5 Å². The molecule has 1 heterocycles. The van der Waals surface area contributed by atoms with Crippen LogP contribution in [0.2, 0.25) is 0 Å². The second-order valence-corrected chi connectivity index (χ2v) is 7.90. The lowest BCUT2D eigenvalue weighted by Gasteiger charge is -2.10. The highest BCUT2D eigenvalue weighted by Crippen LogP contribution is 2.32. The number of benzene rings is 2. The predicted molar refractivity (Wildman–Crippen MR) is 121 cm³/mol. The highest BCUT2D eigenvalue weighted by Gasteiger charge is 2.30. The molecule has 3 rings (SSSR count). The van der Waals surface area contributed by atoms with E-state index in [2.05, 4.69) is 0 Å². The Morgan fingerprint density at radius 1 is 1.03 bits per heavy atom. The number of carbonyl (C=O) groups excluding carboxylic acids is 1. The van der Waals surface area contributed by atoms with Gasteiger partial charge in [-0.2, -0.15) is 0 Å². The van der Waals surface area contributed by atoms with Crippen LogP contribution in [-0.4, -0.2) is 42.0 Å². The Balaban J connectivity index is 1.48. The van der Waals surface area contributed by atoms with Crippen LogP contribution in [0.3, 0.4) is 0 Å². The van der Waals surface area contributed by atoms with E-state index in [4.69, 9.17) is 26.4 Å². The molecule has 7 heteroatoms. The van der Waals surface area contributed by atoms with E-state index in [-0.39, 0.29) is 5.91 Å². The minimum Gasteiger partial charge on any atom is -0.497 e. The molecular formula is C22H23NO4S2. The van der Waals surface area contributed by atoms with Crippen molar-refractivity contribution >= 4 is 40.3 Å². The van der Waals surface area contributed by atoms with Gasteiger partial charge in [0.05, 0.1) is 25.2 Å². The molecule has 1 fully saturated rings. The quantitative estimate of drug-likeness (QED) is 0.325. The number of thioether (sulfide) groups is 1. The fourth-order valence-electron chi connectivity index (χ4n) is 2.73. The van der Waals surface area contributed by atoms with Gasteiger partial charge in [-0.15, -0.1) is 0 Å². The maximum atomic E-state index is 12.3. The van der Waals surface area contributed by atoms with Gasteiger partial charge in [0.15, 0.2) is 0 Å². The summed E-state index contributed by atoms with van der Waals surface area (Å²) in [7, 11) is 1.64. The summed E-state index contributed by atoms with van der Waals surface area (Å²) < 4.78 is 17.2. The smallest absolute Gasteiger partial charge is 0.266 e. The van der Waals surface area contributed by atoms with Crippen LogP contribution in [0.1, 0.15) is 18.9 Å². The third kappa shape index (κ3) is 5.74. The summed E-state index contributed by atoms with van der Waals surface area (Å²) in [4.78, 5) is 14.6. The SMILES string of the molecule is CCN1C(=O)/C(=C/c2cccc(OCCCOc3ccc(OC)cc3)c2)SC1=S. The summed E-state index contributed by atoms with van der Waals surface area (Å²) >= 11 is 6.59. The Kier molecular flexibility index (Phi) is 7.55. The molecule has 0 N–H and O–H groups in total. The number of methoxy groups -OCH3 is 1. The van der Waals surface area contributed by atoms with Gasteiger partial charge in [-0.3, -0.25) is 9.69 Å². The summed E-state index contributed by atoms with van der Waals surface area (Å²) in [5, 5.41) is 0. The summed E-state index contributed by atoms with van der Waals surface area (Å²) in [6, 6.07) is 15.2. The summed E-state index contributed by atoms with van der Waals surface area (Å²) in [6.07, 6.45) is 2.61. The molecule has 1 aliphatic rings. The number of ether oxygens (including phenoxy) is 3. The first-order valence-electron chi connectivity index (χ1n) is 9.36. The molecule has 0 spiro atoms. The molecule has 152 valence electrons. The van der Waals surface area contributed by atoms with Crippen LogP contribution in [0.15, 0.2) is 53.4 Å². The third-order valence-corrected chi connectivity index (χ3v) is 5.61. The number of amides is 1. The second kappa shape index (κ2) is 10.3. The highest BCUT2D eigenvalue weighted by atomic mass is 32.2. The van der Waals surface area contributed by atoms with E-state index in [1.165, 1.54) is 11.8 Å². The first-order chi connectivity index (χ1) is 14.1. The third-order valence-electron chi connectivity index (χ3n) is 4.23.